The lowest BCUT2D eigenvalue weighted by Crippen LogP contribution is -2.49. The van der Waals surface area contributed by atoms with Gasteiger partial charge in [0, 0.05) is 65.6 Å². The highest BCUT2D eigenvalue weighted by molar-refractivity contribution is 7.89. The van der Waals surface area contributed by atoms with E-state index < -0.39 is 20.2 Å². The molecule has 0 aromatic heterocycles. The summed E-state index contributed by atoms with van der Waals surface area (Å²) < 4.78 is 61.2. The zero-order valence-electron chi connectivity index (χ0n) is 28.5. The molecule has 0 amide bonds. The Labute approximate surface area is 280 Å². The van der Waals surface area contributed by atoms with Gasteiger partial charge in [0.2, 0.25) is 10.0 Å². The summed E-state index contributed by atoms with van der Waals surface area (Å²) in [6.07, 6.45) is 14.9. The summed E-state index contributed by atoms with van der Waals surface area (Å²) in [5, 5.41) is 0. The summed E-state index contributed by atoms with van der Waals surface area (Å²) in [6, 6.07) is 7.00. The summed E-state index contributed by atoms with van der Waals surface area (Å²) >= 11 is 0. The predicted octanol–water partition coefficient (Wildman–Crippen LogP) is 5.42. The van der Waals surface area contributed by atoms with Crippen LogP contribution in [0.1, 0.15) is 83.5 Å². The van der Waals surface area contributed by atoms with Crippen LogP contribution in [0.5, 0.6) is 0 Å². The third-order valence-corrected chi connectivity index (χ3v) is 14.9. The van der Waals surface area contributed by atoms with Crippen molar-refractivity contribution >= 4 is 25.9 Å². The Hall–Kier alpha value is -1.50. The molecule has 2 heterocycles. The van der Waals surface area contributed by atoms with Gasteiger partial charge in [-0.05, 0) is 99.2 Å². The van der Waals surface area contributed by atoms with Gasteiger partial charge in [0.15, 0.2) is 0 Å². The van der Waals surface area contributed by atoms with Crippen LogP contribution < -0.4 is 4.90 Å². The van der Waals surface area contributed by atoms with Crippen molar-refractivity contribution in [2.24, 2.45) is 17.8 Å². The molecule has 1 aromatic rings. The van der Waals surface area contributed by atoms with Gasteiger partial charge in [0.05, 0.1) is 4.90 Å². The molecule has 260 valence electrons. The number of nitrogens with zero attached hydrogens (tertiary/aromatic N) is 5. The summed E-state index contributed by atoms with van der Waals surface area (Å²) in [6.45, 7) is 9.07. The molecule has 4 fully saturated rings. The average molecular weight is 678 g/mol. The molecule has 2 aliphatic heterocycles. The summed E-state index contributed by atoms with van der Waals surface area (Å²) in [5.74, 6) is 2.06. The van der Waals surface area contributed by atoms with E-state index in [1.165, 1.54) is 62.1 Å². The zero-order valence-corrected chi connectivity index (χ0v) is 30.1. The van der Waals surface area contributed by atoms with E-state index in [9.17, 15) is 16.8 Å². The fraction of sp³-hybridized carbons (Fsp3) is 0.771. The standard InChI is InChI=1S/C35H59N5O4S2/c1-30-27-39(45(41,42)35-17-15-34(16-18-35)36(2)3)23-9-21-37(29-31-11-5-4-6-12-31)22-10-24-40(28-30)46(43,44)38-25-19-33(20-26-38)32-13-7-8-14-32/h15-18,31-33H,1,4-14,19-29H2,2-3H3. The van der Waals surface area contributed by atoms with Crippen molar-refractivity contribution in [3.8, 4) is 0 Å². The lowest BCUT2D eigenvalue weighted by atomic mass is 9.84. The summed E-state index contributed by atoms with van der Waals surface area (Å²) in [7, 11) is -3.64. The molecule has 0 radical (unpaired) electrons. The fourth-order valence-corrected chi connectivity index (χ4v) is 11.5. The number of hydrogen-bond acceptors (Lipinski definition) is 6. The van der Waals surface area contributed by atoms with Crippen LogP contribution in [-0.4, -0.2) is 108 Å². The maximum atomic E-state index is 14.2. The van der Waals surface area contributed by atoms with Gasteiger partial charge in [-0.1, -0.05) is 51.5 Å². The second-order valence-corrected chi connectivity index (χ2v) is 18.5. The lowest BCUT2D eigenvalue weighted by Gasteiger charge is -2.38. The van der Waals surface area contributed by atoms with Crippen molar-refractivity contribution in [1.82, 2.24) is 17.8 Å². The van der Waals surface area contributed by atoms with Crippen molar-refractivity contribution in [2.45, 2.75) is 88.4 Å². The van der Waals surface area contributed by atoms with E-state index in [1.807, 2.05) is 31.1 Å². The monoisotopic (exact) mass is 677 g/mol. The second kappa shape index (κ2) is 16.3. The van der Waals surface area contributed by atoms with Gasteiger partial charge in [-0.25, -0.2) is 8.42 Å². The minimum absolute atomic E-state index is 0.107. The zero-order chi connectivity index (χ0) is 32.7. The van der Waals surface area contributed by atoms with Crippen molar-refractivity contribution in [3.05, 3.63) is 36.4 Å². The van der Waals surface area contributed by atoms with Crippen molar-refractivity contribution in [2.75, 3.05) is 77.9 Å². The molecule has 0 atom stereocenters. The van der Waals surface area contributed by atoms with E-state index in [4.69, 9.17) is 0 Å². The van der Waals surface area contributed by atoms with Crippen LogP contribution in [0.2, 0.25) is 0 Å². The van der Waals surface area contributed by atoms with E-state index in [1.54, 1.807) is 20.7 Å². The minimum Gasteiger partial charge on any atom is -0.378 e. The summed E-state index contributed by atoms with van der Waals surface area (Å²) in [4.78, 5) is 4.68. The fourth-order valence-electron chi connectivity index (χ4n) is 8.31. The van der Waals surface area contributed by atoms with Gasteiger partial charge in [-0.15, -0.1) is 0 Å². The van der Waals surface area contributed by atoms with Crippen LogP contribution in [0.15, 0.2) is 41.3 Å². The first-order chi connectivity index (χ1) is 22.0. The van der Waals surface area contributed by atoms with Gasteiger partial charge in [0.1, 0.15) is 0 Å². The smallest absolute Gasteiger partial charge is 0.282 e. The lowest BCUT2D eigenvalue weighted by molar-refractivity contribution is 0.183. The molecular weight excluding hydrogens is 619 g/mol. The first kappa shape index (κ1) is 35.8. The molecule has 0 unspecified atom stereocenters. The van der Waals surface area contributed by atoms with E-state index in [0.29, 0.717) is 43.6 Å². The number of sulfonamides is 1. The Morgan fingerprint density at radius 3 is 1.80 bits per heavy atom. The Bertz CT molecular complexity index is 1330. The summed E-state index contributed by atoms with van der Waals surface area (Å²) in [5.41, 5.74) is 1.54. The quantitative estimate of drug-likeness (QED) is 0.342. The molecule has 2 saturated carbocycles. The Balaban J connectivity index is 1.33. The van der Waals surface area contributed by atoms with Crippen LogP contribution in [0, 0.1) is 17.8 Å². The Morgan fingerprint density at radius 2 is 1.20 bits per heavy atom. The largest absolute Gasteiger partial charge is 0.378 e. The van der Waals surface area contributed by atoms with Crippen LogP contribution >= 0.6 is 0 Å². The average Bonchev–Trinajstić information content (AvgIpc) is 3.59. The molecule has 0 N–H and O–H groups in total. The number of anilines is 1. The third kappa shape index (κ3) is 9.14. The van der Waals surface area contributed by atoms with E-state index in [-0.39, 0.29) is 18.0 Å². The minimum atomic E-state index is -3.80. The molecule has 9 nitrogen and oxygen atoms in total. The van der Waals surface area contributed by atoms with Crippen LogP contribution in [0.3, 0.4) is 0 Å². The number of benzene rings is 1. The second-order valence-electron chi connectivity index (χ2n) is 14.6. The van der Waals surface area contributed by atoms with Gasteiger partial charge < -0.3 is 9.80 Å². The molecule has 2 aliphatic carbocycles. The van der Waals surface area contributed by atoms with Gasteiger partial charge in [-0.2, -0.15) is 21.3 Å². The number of rotatable bonds is 8. The van der Waals surface area contributed by atoms with Gasteiger partial charge in [-0.3, -0.25) is 0 Å². The Kier molecular flexibility index (Phi) is 12.7. The maximum absolute atomic E-state index is 14.2. The van der Waals surface area contributed by atoms with Crippen LogP contribution in [-0.2, 0) is 20.2 Å². The van der Waals surface area contributed by atoms with Gasteiger partial charge in [0.25, 0.3) is 10.2 Å². The first-order valence-corrected chi connectivity index (χ1v) is 20.8. The molecule has 4 aliphatic rings. The molecule has 11 heteroatoms. The number of hydrogen-bond donors (Lipinski definition) is 0. The predicted molar refractivity (Wildman–Crippen MR) is 188 cm³/mol. The topological polar surface area (TPSA) is 84.5 Å². The molecular formula is C35H59N5O4S2. The molecule has 2 saturated heterocycles. The highest BCUT2D eigenvalue weighted by Crippen LogP contribution is 2.37. The van der Waals surface area contributed by atoms with E-state index in [0.717, 1.165) is 56.9 Å². The Morgan fingerprint density at radius 1 is 0.652 bits per heavy atom. The number of piperidine rings is 1. The van der Waals surface area contributed by atoms with E-state index in [2.05, 4.69) is 11.5 Å². The molecule has 0 spiro atoms. The van der Waals surface area contributed by atoms with Gasteiger partial charge >= 0.3 is 0 Å². The maximum Gasteiger partial charge on any atom is 0.282 e. The highest BCUT2D eigenvalue weighted by Gasteiger charge is 2.36. The van der Waals surface area contributed by atoms with Crippen LogP contribution in [0.25, 0.3) is 0 Å². The van der Waals surface area contributed by atoms with E-state index >= 15 is 0 Å². The SMILES string of the molecule is C=C1CN(S(=O)(=O)c2ccc(N(C)C)cc2)CCCN(CC2CCCCC2)CCCN(S(=O)(=O)N2CCC(C3CCCC3)CC2)C1. The molecule has 46 heavy (non-hydrogen) atoms. The molecule has 0 bridgehead atoms. The normalized spacial score (nSPS) is 24.5. The highest BCUT2D eigenvalue weighted by atomic mass is 32.2. The molecule has 1 aromatic carbocycles. The first-order valence-electron chi connectivity index (χ1n) is 18.0. The van der Waals surface area contributed by atoms with Crippen molar-refractivity contribution < 1.29 is 16.8 Å². The van der Waals surface area contributed by atoms with Crippen molar-refractivity contribution in [1.29, 1.82) is 0 Å². The van der Waals surface area contributed by atoms with Crippen molar-refractivity contribution in [3.63, 3.8) is 0 Å². The third-order valence-electron chi connectivity index (χ3n) is 11.0. The molecule has 5 rings (SSSR count). The van der Waals surface area contributed by atoms with Crippen LogP contribution in [0.4, 0.5) is 5.69 Å².